The Hall–Kier alpha value is -1.06. The third-order valence-corrected chi connectivity index (χ3v) is 4.06. The quantitative estimate of drug-likeness (QED) is 0.710. The molecule has 0 aromatic heterocycles. The van der Waals surface area contributed by atoms with Gasteiger partial charge in [0.15, 0.2) is 0 Å². The minimum Gasteiger partial charge on any atom is -0.469 e. The van der Waals surface area contributed by atoms with E-state index in [2.05, 4.69) is 6.92 Å². The van der Waals surface area contributed by atoms with Crippen LogP contribution in [0.4, 0.5) is 0 Å². The van der Waals surface area contributed by atoms with E-state index < -0.39 is 0 Å². The molecule has 98 valence electrons. The summed E-state index contributed by atoms with van der Waals surface area (Å²) in [5.74, 6) is -0.111. The summed E-state index contributed by atoms with van der Waals surface area (Å²) in [6.45, 7) is 2.12. The normalized spacial score (nSPS) is 22.9. The van der Waals surface area contributed by atoms with E-state index in [4.69, 9.17) is 9.47 Å². The minimum absolute atomic E-state index is 0.234. The second-order valence-corrected chi connectivity index (χ2v) is 5.02. The number of ether oxygens (including phenoxy) is 2. The van der Waals surface area contributed by atoms with Crippen LogP contribution in [0, 0.1) is 11.3 Å². The van der Waals surface area contributed by atoms with Gasteiger partial charge in [-0.25, -0.2) is 0 Å². The number of hydrogen-bond donors (Lipinski definition) is 0. The van der Waals surface area contributed by atoms with Crippen LogP contribution in [0.1, 0.15) is 45.4 Å². The average molecular weight is 242 g/mol. The molecule has 1 fully saturated rings. The molecule has 1 saturated carbocycles. The summed E-state index contributed by atoms with van der Waals surface area (Å²) in [4.78, 5) is 23.1. The molecule has 0 amide bonds. The lowest BCUT2D eigenvalue weighted by molar-refractivity contribution is -0.150. The fourth-order valence-electron chi connectivity index (χ4n) is 2.79. The topological polar surface area (TPSA) is 52.6 Å². The Bertz CT molecular complexity index is 267. The van der Waals surface area contributed by atoms with Gasteiger partial charge in [-0.15, -0.1) is 0 Å². The largest absolute Gasteiger partial charge is 0.469 e. The zero-order valence-corrected chi connectivity index (χ0v) is 11.0. The highest BCUT2D eigenvalue weighted by Crippen LogP contribution is 2.46. The lowest BCUT2D eigenvalue weighted by Crippen LogP contribution is -2.37. The zero-order valence-electron chi connectivity index (χ0n) is 11.0. The van der Waals surface area contributed by atoms with Crippen LogP contribution in [-0.2, 0) is 19.1 Å². The molecule has 4 nitrogen and oxygen atoms in total. The first-order chi connectivity index (χ1) is 8.04. The van der Waals surface area contributed by atoms with Crippen LogP contribution < -0.4 is 0 Å². The lowest BCUT2D eigenvalue weighted by atomic mass is 9.63. The summed E-state index contributed by atoms with van der Waals surface area (Å²) < 4.78 is 9.50. The van der Waals surface area contributed by atoms with E-state index in [1.54, 1.807) is 0 Å². The number of carbonyl (C=O) groups excluding carboxylic acids is 2. The highest BCUT2D eigenvalue weighted by Gasteiger charge is 2.42. The molecule has 0 saturated heterocycles. The van der Waals surface area contributed by atoms with E-state index in [9.17, 15) is 9.59 Å². The maximum Gasteiger partial charge on any atom is 0.306 e. The third-order valence-electron chi connectivity index (χ3n) is 4.06. The second kappa shape index (κ2) is 6.03. The Morgan fingerprint density at radius 2 is 1.65 bits per heavy atom. The summed E-state index contributed by atoms with van der Waals surface area (Å²) in [6, 6.07) is 0. The predicted molar refractivity (Wildman–Crippen MR) is 63.3 cm³/mol. The van der Waals surface area contributed by atoms with Crippen LogP contribution >= 0.6 is 0 Å². The molecule has 1 rings (SSSR count). The maximum atomic E-state index is 11.5. The maximum absolute atomic E-state index is 11.5. The fourth-order valence-corrected chi connectivity index (χ4v) is 2.79. The molecular weight excluding hydrogens is 220 g/mol. The summed E-state index contributed by atoms with van der Waals surface area (Å²) in [6.07, 6.45) is 4.84. The molecule has 0 bridgehead atoms. The van der Waals surface area contributed by atoms with Crippen LogP contribution in [0.3, 0.4) is 0 Å². The monoisotopic (exact) mass is 242 g/mol. The number of esters is 2. The van der Waals surface area contributed by atoms with Gasteiger partial charge in [-0.05, 0) is 17.8 Å². The van der Waals surface area contributed by atoms with Crippen LogP contribution in [0.15, 0.2) is 0 Å². The standard InChI is InChI=1S/C13H22O4/c1-10-6-4-5-7-13(10,8-11(14)16-2)9-12(15)17-3/h10H,4-9H2,1-3H3. The smallest absolute Gasteiger partial charge is 0.306 e. The SMILES string of the molecule is COC(=O)CC1(CC(=O)OC)CCCCC1C. The highest BCUT2D eigenvalue weighted by atomic mass is 16.5. The number of hydrogen-bond acceptors (Lipinski definition) is 4. The van der Waals surface area contributed by atoms with E-state index >= 15 is 0 Å². The number of methoxy groups -OCH3 is 2. The van der Waals surface area contributed by atoms with Crippen molar-refractivity contribution >= 4 is 11.9 Å². The molecule has 4 heteroatoms. The number of rotatable bonds is 4. The first-order valence-corrected chi connectivity index (χ1v) is 6.18. The third kappa shape index (κ3) is 3.45. The van der Waals surface area contributed by atoms with Crippen molar-refractivity contribution in [3.05, 3.63) is 0 Å². The van der Waals surface area contributed by atoms with Crippen LogP contribution in [-0.4, -0.2) is 26.2 Å². The van der Waals surface area contributed by atoms with Crippen molar-refractivity contribution in [1.82, 2.24) is 0 Å². The first-order valence-electron chi connectivity index (χ1n) is 6.18. The molecule has 0 N–H and O–H groups in total. The molecule has 17 heavy (non-hydrogen) atoms. The van der Waals surface area contributed by atoms with E-state index in [0.717, 1.165) is 19.3 Å². The van der Waals surface area contributed by atoms with E-state index in [1.807, 2.05) is 0 Å². The molecule has 0 radical (unpaired) electrons. The minimum atomic E-state index is -0.265. The Kier molecular flexibility index (Phi) is 4.97. The molecule has 0 aromatic rings. The lowest BCUT2D eigenvalue weighted by Gasteiger charge is -2.41. The summed E-state index contributed by atoms with van der Waals surface area (Å²) in [5.41, 5.74) is -0.265. The average Bonchev–Trinajstić information content (AvgIpc) is 2.32. The van der Waals surface area contributed by atoms with Gasteiger partial charge in [0, 0.05) is 0 Å². The van der Waals surface area contributed by atoms with Gasteiger partial charge in [-0.1, -0.05) is 26.2 Å². The van der Waals surface area contributed by atoms with Gasteiger partial charge in [0.05, 0.1) is 27.1 Å². The Morgan fingerprint density at radius 1 is 1.12 bits per heavy atom. The first kappa shape index (κ1) is 14.0. The Balaban J connectivity index is 2.81. The van der Waals surface area contributed by atoms with E-state index in [1.165, 1.54) is 20.6 Å². The van der Waals surface area contributed by atoms with Gasteiger partial charge >= 0.3 is 11.9 Å². The second-order valence-electron chi connectivity index (χ2n) is 5.02. The molecule has 0 aromatic carbocycles. The van der Waals surface area contributed by atoms with Gasteiger partial charge in [-0.2, -0.15) is 0 Å². The van der Waals surface area contributed by atoms with E-state index in [-0.39, 0.29) is 17.4 Å². The van der Waals surface area contributed by atoms with Gasteiger partial charge in [-0.3, -0.25) is 9.59 Å². The molecule has 1 aliphatic rings. The molecule has 1 atom stereocenters. The van der Waals surface area contributed by atoms with Gasteiger partial charge in [0.25, 0.3) is 0 Å². The van der Waals surface area contributed by atoms with Crippen molar-refractivity contribution in [2.45, 2.75) is 45.4 Å². The zero-order chi connectivity index (χ0) is 12.9. The molecule has 0 aliphatic heterocycles. The van der Waals surface area contributed by atoms with Crippen LogP contribution in [0.5, 0.6) is 0 Å². The number of carbonyl (C=O) groups is 2. The van der Waals surface area contributed by atoms with E-state index in [0.29, 0.717) is 18.8 Å². The van der Waals surface area contributed by atoms with Crippen molar-refractivity contribution in [3.63, 3.8) is 0 Å². The van der Waals surface area contributed by atoms with Crippen molar-refractivity contribution in [2.24, 2.45) is 11.3 Å². The van der Waals surface area contributed by atoms with Crippen LogP contribution in [0.25, 0.3) is 0 Å². The summed E-state index contributed by atoms with van der Waals surface area (Å²) in [7, 11) is 2.78. The van der Waals surface area contributed by atoms with Crippen molar-refractivity contribution < 1.29 is 19.1 Å². The highest BCUT2D eigenvalue weighted by molar-refractivity contribution is 5.74. The van der Waals surface area contributed by atoms with Gasteiger partial charge < -0.3 is 9.47 Å². The molecule has 0 spiro atoms. The fraction of sp³-hybridized carbons (Fsp3) is 0.846. The Morgan fingerprint density at radius 3 is 2.06 bits per heavy atom. The molecule has 1 unspecified atom stereocenters. The molecular formula is C13H22O4. The summed E-state index contributed by atoms with van der Waals surface area (Å²) in [5, 5.41) is 0. The van der Waals surface area contributed by atoms with Crippen molar-refractivity contribution in [2.75, 3.05) is 14.2 Å². The van der Waals surface area contributed by atoms with Gasteiger partial charge in [0.1, 0.15) is 0 Å². The Labute approximate surface area is 103 Å². The van der Waals surface area contributed by atoms with Gasteiger partial charge in [0.2, 0.25) is 0 Å². The summed E-state index contributed by atoms with van der Waals surface area (Å²) >= 11 is 0. The van der Waals surface area contributed by atoms with Crippen LogP contribution in [0.2, 0.25) is 0 Å². The predicted octanol–water partition coefficient (Wildman–Crippen LogP) is 2.31. The molecule has 0 heterocycles. The molecule has 1 aliphatic carbocycles. The van der Waals surface area contributed by atoms with Crippen molar-refractivity contribution in [1.29, 1.82) is 0 Å². The van der Waals surface area contributed by atoms with Crippen molar-refractivity contribution in [3.8, 4) is 0 Å².